The van der Waals surface area contributed by atoms with Gasteiger partial charge < -0.3 is 9.84 Å². The topological polar surface area (TPSA) is 29.5 Å². The van der Waals surface area contributed by atoms with E-state index >= 15 is 0 Å². The van der Waals surface area contributed by atoms with Crippen molar-refractivity contribution in [2.24, 2.45) is 23.2 Å². The number of phenolic OH excluding ortho intramolecular Hbond substituents is 1. The fraction of sp³-hybridized carbons (Fsp3) is 0.647. The summed E-state index contributed by atoms with van der Waals surface area (Å²) in [5, 5.41) is 9.21. The number of ether oxygens (including phenoxy) is 1. The first kappa shape index (κ1) is 12.5. The molecular formula is C17H21FO2. The molecule has 108 valence electrons. The molecule has 0 heterocycles. The van der Waals surface area contributed by atoms with E-state index in [1.807, 2.05) is 0 Å². The van der Waals surface area contributed by atoms with Crippen molar-refractivity contribution >= 4 is 0 Å². The Morgan fingerprint density at radius 1 is 1.10 bits per heavy atom. The molecule has 0 radical (unpaired) electrons. The normalized spacial score (nSPS) is 38.1. The van der Waals surface area contributed by atoms with Gasteiger partial charge in [-0.05, 0) is 68.4 Å². The largest absolute Gasteiger partial charge is 0.505 e. The summed E-state index contributed by atoms with van der Waals surface area (Å²) in [5.41, 5.74) is 0.336. The van der Waals surface area contributed by atoms with Gasteiger partial charge >= 0.3 is 0 Å². The quantitative estimate of drug-likeness (QED) is 0.899. The Bertz CT molecular complexity index is 490. The molecule has 20 heavy (non-hydrogen) atoms. The van der Waals surface area contributed by atoms with Gasteiger partial charge in [-0.1, -0.05) is 0 Å². The zero-order valence-electron chi connectivity index (χ0n) is 11.6. The fourth-order valence-corrected chi connectivity index (χ4v) is 5.28. The molecule has 4 aliphatic carbocycles. The van der Waals surface area contributed by atoms with E-state index in [0.717, 1.165) is 17.8 Å². The van der Waals surface area contributed by atoms with Gasteiger partial charge in [0.25, 0.3) is 0 Å². The fourth-order valence-electron chi connectivity index (χ4n) is 5.28. The van der Waals surface area contributed by atoms with E-state index in [4.69, 9.17) is 4.74 Å². The van der Waals surface area contributed by atoms with Crippen molar-refractivity contribution < 1.29 is 14.2 Å². The smallest absolute Gasteiger partial charge is 0.168 e. The zero-order chi connectivity index (χ0) is 13.7. The zero-order valence-corrected chi connectivity index (χ0v) is 11.6. The number of phenols is 1. The van der Waals surface area contributed by atoms with Gasteiger partial charge in [-0.3, -0.25) is 0 Å². The van der Waals surface area contributed by atoms with Crippen LogP contribution in [-0.2, 0) is 0 Å². The summed E-state index contributed by atoms with van der Waals surface area (Å²) >= 11 is 0. The Hall–Kier alpha value is -1.25. The molecule has 3 heteroatoms. The molecule has 0 spiro atoms. The molecule has 1 aromatic carbocycles. The monoisotopic (exact) mass is 276 g/mol. The van der Waals surface area contributed by atoms with Crippen LogP contribution >= 0.6 is 0 Å². The van der Waals surface area contributed by atoms with Crippen LogP contribution in [0.15, 0.2) is 18.2 Å². The van der Waals surface area contributed by atoms with Gasteiger partial charge in [0.05, 0.1) is 6.61 Å². The molecule has 1 N–H and O–H groups in total. The third-order valence-corrected chi connectivity index (χ3v) is 5.63. The summed E-state index contributed by atoms with van der Waals surface area (Å²) in [6.07, 6.45) is 8.14. The van der Waals surface area contributed by atoms with Crippen LogP contribution in [0, 0.1) is 29.0 Å². The van der Waals surface area contributed by atoms with Crippen molar-refractivity contribution in [3.8, 4) is 11.5 Å². The maximum Gasteiger partial charge on any atom is 0.168 e. The second-order valence-corrected chi connectivity index (χ2v) is 7.32. The van der Waals surface area contributed by atoms with E-state index in [2.05, 4.69) is 0 Å². The van der Waals surface area contributed by atoms with Gasteiger partial charge in [0.2, 0.25) is 0 Å². The first-order valence-electron chi connectivity index (χ1n) is 7.73. The minimum Gasteiger partial charge on any atom is -0.505 e. The van der Waals surface area contributed by atoms with Gasteiger partial charge in [-0.25, -0.2) is 4.39 Å². The van der Waals surface area contributed by atoms with E-state index in [9.17, 15) is 9.50 Å². The van der Waals surface area contributed by atoms with Crippen LogP contribution < -0.4 is 4.74 Å². The van der Waals surface area contributed by atoms with Crippen molar-refractivity contribution in [1.29, 1.82) is 0 Å². The molecule has 0 unspecified atom stereocenters. The molecule has 0 saturated heterocycles. The van der Waals surface area contributed by atoms with Gasteiger partial charge in [0.15, 0.2) is 11.6 Å². The van der Waals surface area contributed by atoms with Gasteiger partial charge in [0, 0.05) is 11.5 Å². The molecule has 4 aliphatic rings. The molecule has 4 fully saturated rings. The predicted octanol–water partition coefficient (Wildman–Crippen LogP) is 4.13. The molecule has 2 nitrogen and oxygen atoms in total. The molecule has 5 rings (SSSR count). The van der Waals surface area contributed by atoms with Crippen LogP contribution in [0.1, 0.15) is 38.5 Å². The standard InChI is InChI=1S/C17H21FO2/c18-15-6-14(1-2-16(15)19)20-10-17-7-11-3-12(8-17)5-13(4-11)9-17/h1-2,6,11-13,19H,3-5,7-10H2. The third kappa shape index (κ3) is 2.07. The molecule has 1 aromatic rings. The van der Waals surface area contributed by atoms with Gasteiger partial charge in [-0.15, -0.1) is 0 Å². The first-order valence-corrected chi connectivity index (χ1v) is 7.73. The lowest BCUT2D eigenvalue weighted by Gasteiger charge is -2.56. The minimum absolute atomic E-state index is 0.313. The molecule has 0 atom stereocenters. The maximum absolute atomic E-state index is 13.3. The average Bonchev–Trinajstić information content (AvgIpc) is 2.39. The van der Waals surface area contributed by atoms with E-state index in [1.165, 1.54) is 50.7 Å². The minimum atomic E-state index is -0.604. The molecule has 0 aliphatic heterocycles. The van der Waals surface area contributed by atoms with Crippen LogP contribution in [0.3, 0.4) is 0 Å². The average molecular weight is 276 g/mol. The van der Waals surface area contributed by atoms with Crippen LogP contribution in [0.2, 0.25) is 0 Å². The van der Waals surface area contributed by atoms with E-state index < -0.39 is 5.82 Å². The molecule has 4 saturated carbocycles. The molecule has 4 bridgehead atoms. The van der Waals surface area contributed by atoms with E-state index in [-0.39, 0.29) is 5.75 Å². The summed E-state index contributed by atoms with van der Waals surface area (Å²) in [5.74, 6) is 2.33. The van der Waals surface area contributed by atoms with Crippen molar-refractivity contribution in [2.75, 3.05) is 6.61 Å². The van der Waals surface area contributed by atoms with Crippen LogP contribution in [-0.4, -0.2) is 11.7 Å². The molecular weight excluding hydrogens is 255 g/mol. The van der Waals surface area contributed by atoms with Crippen molar-refractivity contribution in [3.05, 3.63) is 24.0 Å². The van der Waals surface area contributed by atoms with Gasteiger partial charge in [0.1, 0.15) is 5.75 Å². The summed E-state index contributed by atoms with van der Waals surface area (Å²) < 4.78 is 19.2. The SMILES string of the molecule is Oc1ccc(OCC23CC4CC(CC(C4)C2)C3)cc1F. The lowest BCUT2D eigenvalue weighted by molar-refractivity contribution is -0.0745. The van der Waals surface area contributed by atoms with Crippen LogP contribution in [0.4, 0.5) is 4.39 Å². The Labute approximate surface area is 119 Å². The summed E-state index contributed by atoms with van der Waals surface area (Å²) in [7, 11) is 0. The summed E-state index contributed by atoms with van der Waals surface area (Å²) in [4.78, 5) is 0. The maximum atomic E-state index is 13.3. The Balaban J connectivity index is 1.47. The predicted molar refractivity (Wildman–Crippen MR) is 74.2 cm³/mol. The summed E-state index contributed by atoms with van der Waals surface area (Å²) in [6.45, 7) is 0.709. The highest BCUT2D eigenvalue weighted by molar-refractivity contribution is 5.32. The Morgan fingerprint density at radius 3 is 2.25 bits per heavy atom. The Morgan fingerprint density at radius 2 is 1.70 bits per heavy atom. The van der Waals surface area contributed by atoms with Crippen LogP contribution in [0.5, 0.6) is 11.5 Å². The second kappa shape index (κ2) is 4.37. The third-order valence-electron chi connectivity index (χ3n) is 5.63. The van der Waals surface area contributed by atoms with E-state index in [0.29, 0.717) is 17.8 Å². The summed E-state index contributed by atoms with van der Waals surface area (Å²) in [6, 6.07) is 4.30. The first-order chi connectivity index (χ1) is 9.62. The van der Waals surface area contributed by atoms with Crippen LogP contribution in [0.25, 0.3) is 0 Å². The van der Waals surface area contributed by atoms with Gasteiger partial charge in [-0.2, -0.15) is 0 Å². The number of aromatic hydroxyl groups is 1. The Kier molecular flexibility index (Phi) is 2.73. The molecule has 0 amide bonds. The number of hydrogen-bond donors (Lipinski definition) is 1. The number of hydrogen-bond acceptors (Lipinski definition) is 2. The highest BCUT2D eigenvalue weighted by atomic mass is 19.1. The van der Waals surface area contributed by atoms with Crippen molar-refractivity contribution in [1.82, 2.24) is 0 Å². The van der Waals surface area contributed by atoms with E-state index in [1.54, 1.807) is 6.07 Å². The highest BCUT2D eigenvalue weighted by Crippen LogP contribution is 2.60. The number of halogens is 1. The molecule has 0 aromatic heterocycles. The lowest BCUT2D eigenvalue weighted by Crippen LogP contribution is -2.48. The number of rotatable bonds is 3. The number of benzene rings is 1. The highest BCUT2D eigenvalue weighted by Gasteiger charge is 2.51. The second-order valence-electron chi connectivity index (χ2n) is 7.32. The lowest BCUT2D eigenvalue weighted by atomic mass is 9.50. The van der Waals surface area contributed by atoms with Crippen molar-refractivity contribution in [3.63, 3.8) is 0 Å². The van der Waals surface area contributed by atoms with Crippen molar-refractivity contribution in [2.45, 2.75) is 38.5 Å².